The smallest absolute Gasteiger partial charge is 0.257 e. The zero-order valence-electron chi connectivity index (χ0n) is 9.59. The van der Waals surface area contributed by atoms with Gasteiger partial charge in [0.05, 0.1) is 10.8 Å². The van der Waals surface area contributed by atoms with Gasteiger partial charge in [-0.15, -0.1) is 0 Å². The highest BCUT2D eigenvalue weighted by Crippen LogP contribution is 2.32. The number of halogens is 1. The lowest BCUT2D eigenvalue weighted by Gasteiger charge is -1.98. The molecule has 5 nitrogen and oxygen atoms in total. The minimum atomic E-state index is -0.423. The number of benzene rings is 1. The summed E-state index contributed by atoms with van der Waals surface area (Å²) in [4.78, 5) is 19.3. The van der Waals surface area contributed by atoms with Crippen molar-refractivity contribution in [3.8, 4) is 0 Å². The third kappa shape index (κ3) is 2.24. The fraction of sp³-hybridized carbons (Fsp3) is 0.0833. The average Bonchev–Trinajstić information content (AvgIpc) is 2.80. The Morgan fingerprint density at radius 2 is 2.37 bits per heavy atom. The molecule has 0 saturated heterocycles. The highest BCUT2D eigenvalue weighted by molar-refractivity contribution is 7.99. The standard InChI is InChI=1S/C12H8ClN3O2S/c13-7-4-8-11(10-6(7)2-1-3-15-10)18-12(16-8)19-5-9(14)17/h1-4H,5H2,(H2,14,17). The van der Waals surface area contributed by atoms with Gasteiger partial charge in [-0.1, -0.05) is 23.4 Å². The Bertz CT molecular complexity index is 787. The maximum Gasteiger partial charge on any atom is 0.257 e. The highest BCUT2D eigenvalue weighted by Gasteiger charge is 2.13. The third-order valence-corrected chi connectivity index (χ3v) is 3.68. The fourth-order valence-corrected chi connectivity index (χ4v) is 2.58. The van der Waals surface area contributed by atoms with Gasteiger partial charge in [-0.05, 0) is 18.2 Å². The number of hydrogen-bond donors (Lipinski definition) is 1. The molecule has 3 rings (SSSR count). The molecule has 0 radical (unpaired) electrons. The number of hydrogen-bond acceptors (Lipinski definition) is 5. The Kier molecular flexibility index (Phi) is 3.04. The molecule has 0 aliphatic carbocycles. The van der Waals surface area contributed by atoms with Crippen LogP contribution in [-0.4, -0.2) is 21.6 Å². The van der Waals surface area contributed by atoms with E-state index in [0.29, 0.717) is 26.9 Å². The van der Waals surface area contributed by atoms with Gasteiger partial charge in [0.1, 0.15) is 11.0 Å². The van der Waals surface area contributed by atoms with Crippen molar-refractivity contribution in [2.75, 3.05) is 5.75 Å². The van der Waals surface area contributed by atoms with Crippen LogP contribution in [0.4, 0.5) is 0 Å². The van der Waals surface area contributed by atoms with Crippen molar-refractivity contribution in [2.45, 2.75) is 5.22 Å². The predicted molar refractivity (Wildman–Crippen MR) is 74.2 cm³/mol. The first-order valence-electron chi connectivity index (χ1n) is 5.40. The Morgan fingerprint density at radius 3 is 3.16 bits per heavy atom. The fourth-order valence-electron chi connectivity index (χ4n) is 1.75. The normalized spacial score (nSPS) is 11.2. The van der Waals surface area contributed by atoms with Gasteiger partial charge < -0.3 is 10.2 Å². The molecular weight excluding hydrogens is 286 g/mol. The summed E-state index contributed by atoms with van der Waals surface area (Å²) in [5, 5.41) is 1.75. The number of fused-ring (bicyclic) bond motifs is 3. The Morgan fingerprint density at radius 1 is 1.53 bits per heavy atom. The first-order chi connectivity index (χ1) is 9.15. The Labute approximate surface area is 117 Å². The lowest BCUT2D eigenvalue weighted by molar-refractivity contribution is -0.115. The van der Waals surface area contributed by atoms with E-state index >= 15 is 0 Å². The molecule has 7 heteroatoms. The molecule has 0 aliphatic rings. The van der Waals surface area contributed by atoms with E-state index in [1.807, 2.05) is 6.07 Å². The van der Waals surface area contributed by atoms with Gasteiger partial charge >= 0.3 is 0 Å². The second-order valence-corrected chi connectivity index (χ2v) is 5.17. The van der Waals surface area contributed by atoms with Crippen molar-refractivity contribution in [3.05, 3.63) is 29.4 Å². The molecule has 2 aromatic heterocycles. The van der Waals surface area contributed by atoms with Gasteiger partial charge in [0.15, 0.2) is 5.58 Å². The van der Waals surface area contributed by atoms with Gasteiger partial charge in [-0.2, -0.15) is 0 Å². The SMILES string of the molecule is NC(=O)CSc1nc2cc(Cl)c3cccnc3c2o1. The molecule has 0 bridgehead atoms. The van der Waals surface area contributed by atoms with E-state index < -0.39 is 5.91 Å². The largest absolute Gasteiger partial charge is 0.429 e. The lowest BCUT2D eigenvalue weighted by Crippen LogP contribution is -2.12. The zero-order valence-corrected chi connectivity index (χ0v) is 11.2. The van der Waals surface area contributed by atoms with Crippen molar-refractivity contribution in [1.82, 2.24) is 9.97 Å². The van der Waals surface area contributed by atoms with Crippen LogP contribution in [0.25, 0.3) is 22.0 Å². The number of primary amides is 1. The van der Waals surface area contributed by atoms with E-state index in [2.05, 4.69) is 9.97 Å². The molecule has 0 spiro atoms. The minimum absolute atomic E-state index is 0.117. The van der Waals surface area contributed by atoms with Crippen LogP contribution in [-0.2, 0) is 4.79 Å². The first kappa shape index (κ1) is 12.3. The Hall–Kier alpha value is -1.79. The molecule has 0 saturated carbocycles. The van der Waals surface area contributed by atoms with Crippen LogP contribution in [0.5, 0.6) is 0 Å². The van der Waals surface area contributed by atoms with Crippen LogP contribution in [0.1, 0.15) is 0 Å². The number of nitrogens with zero attached hydrogens (tertiary/aromatic N) is 2. The van der Waals surface area contributed by atoms with Gasteiger partial charge in [0.25, 0.3) is 5.22 Å². The van der Waals surface area contributed by atoms with E-state index in [-0.39, 0.29) is 5.75 Å². The molecule has 2 heterocycles. The van der Waals surface area contributed by atoms with Crippen molar-refractivity contribution in [3.63, 3.8) is 0 Å². The van der Waals surface area contributed by atoms with Crippen LogP contribution < -0.4 is 5.73 Å². The number of oxazole rings is 1. The van der Waals surface area contributed by atoms with Gasteiger partial charge in [-0.25, -0.2) is 4.98 Å². The van der Waals surface area contributed by atoms with E-state index in [1.165, 1.54) is 0 Å². The lowest BCUT2D eigenvalue weighted by atomic mass is 10.2. The van der Waals surface area contributed by atoms with Gasteiger partial charge in [-0.3, -0.25) is 9.78 Å². The maximum atomic E-state index is 10.8. The summed E-state index contributed by atoms with van der Waals surface area (Å²) in [5.74, 6) is -0.306. The second kappa shape index (κ2) is 4.71. The number of rotatable bonds is 3. The summed E-state index contributed by atoms with van der Waals surface area (Å²) in [7, 11) is 0. The molecule has 1 aromatic carbocycles. The van der Waals surface area contributed by atoms with Crippen LogP contribution >= 0.6 is 23.4 Å². The summed E-state index contributed by atoms with van der Waals surface area (Å²) in [5.41, 5.74) is 6.92. The van der Waals surface area contributed by atoms with Crippen LogP contribution in [0.3, 0.4) is 0 Å². The van der Waals surface area contributed by atoms with E-state index in [4.69, 9.17) is 21.8 Å². The molecule has 96 valence electrons. The summed E-state index contributed by atoms with van der Waals surface area (Å²) in [6, 6.07) is 5.39. The number of thioether (sulfide) groups is 1. The summed E-state index contributed by atoms with van der Waals surface area (Å²) in [6.07, 6.45) is 1.66. The number of aromatic nitrogens is 2. The average molecular weight is 294 g/mol. The van der Waals surface area contributed by atoms with Crippen molar-refractivity contribution >= 4 is 51.3 Å². The van der Waals surface area contributed by atoms with Gasteiger partial charge in [0, 0.05) is 11.6 Å². The minimum Gasteiger partial charge on any atom is -0.429 e. The van der Waals surface area contributed by atoms with Crippen molar-refractivity contribution in [2.24, 2.45) is 5.73 Å². The topological polar surface area (TPSA) is 82.0 Å². The molecular formula is C12H8ClN3O2S. The molecule has 0 atom stereocenters. The number of amides is 1. The second-order valence-electron chi connectivity index (χ2n) is 3.84. The van der Waals surface area contributed by atoms with Crippen LogP contribution in [0.2, 0.25) is 5.02 Å². The van der Waals surface area contributed by atoms with Gasteiger partial charge in [0.2, 0.25) is 5.91 Å². The maximum absolute atomic E-state index is 10.8. The van der Waals surface area contributed by atoms with Crippen molar-refractivity contribution < 1.29 is 9.21 Å². The molecule has 3 aromatic rings. The van der Waals surface area contributed by atoms with Crippen LogP contribution in [0.15, 0.2) is 34.0 Å². The van der Waals surface area contributed by atoms with E-state index in [0.717, 1.165) is 17.1 Å². The molecule has 0 fully saturated rings. The molecule has 2 N–H and O–H groups in total. The number of carbonyl (C=O) groups excluding carboxylic acids is 1. The quantitative estimate of drug-likeness (QED) is 0.751. The van der Waals surface area contributed by atoms with E-state index in [9.17, 15) is 4.79 Å². The Balaban J connectivity index is 2.16. The number of nitrogens with two attached hydrogens (primary N) is 1. The van der Waals surface area contributed by atoms with E-state index in [1.54, 1.807) is 18.3 Å². The molecule has 0 unspecified atom stereocenters. The van der Waals surface area contributed by atoms with Crippen molar-refractivity contribution in [1.29, 1.82) is 0 Å². The summed E-state index contributed by atoms with van der Waals surface area (Å²) < 4.78 is 5.61. The molecule has 1 amide bonds. The van der Waals surface area contributed by atoms with Crippen LogP contribution in [0, 0.1) is 0 Å². The summed E-state index contributed by atoms with van der Waals surface area (Å²) >= 11 is 7.32. The molecule has 0 aliphatic heterocycles. The number of carbonyl (C=O) groups is 1. The summed E-state index contributed by atoms with van der Waals surface area (Å²) in [6.45, 7) is 0. The molecule has 19 heavy (non-hydrogen) atoms. The first-order valence-corrected chi connectivity index (χ1v) is 6.76. The highest BCUT2D eigenvalue weighted by atomic mass is 35.5. The monoisotopic (exact) mass is 293 g/mol. The number of pyridine rings is 1. The predicted octanol–water partition coefficient (Wildman–Crippen LogP) is 2.61. The third-order valence-electron chi connectivity index (χ3n) is 2.52. The zero-order chi connectivity index (χ0) is 13.4.